The second-order valence-electron chi connectivity index (χ2n) is 9.14. The molecule has 1 aromatic carbocycles. The third-order valence-corrected chi connectivity index (χ3v) is 7.34. The largest absolute Gasteiger partial charge is 0.382 e. The van der Waals surface area contributed by atoms with Gasteiger partial charge in [-0.25, -0.2) is 0 Å². The second kappa shape index (κ2) is 9.03. The van der Waals surface area contributed by atoms with Crippen molar-refractivity contribution in [1.29, 1.82) is 0 Å². The van der Waals surface area contributed by atoms with Crippen molar-refractivity contribution in [3.63, 3.8) is 0 Å². The van der Waals surface area contributed by atoms with E-state index in [0.717, 1.165) is 25.7 Å². The standard InChI is InChI=1S/C24H39NO4/c1-7-22(4)18-24(27-17-21(29-24)16-26-6)19(3)23(5,8-2)25(22)28-15-14-20-12-10-9-11-13-20/h9-13,19,21H,7-8,14-18H2,1-6H3. The third-order valence-electron chi connectivity index (χ3n) is 7.34. The molecule has 0 saturated carbocycles. The Labute approximate surface area is 176 Å². The lowest BCUT2D eigenvalue weighted by atomic mass is 9.67. The van der Waals surface area contributed by atoms with Gasteiger partial charge in [-0.2, -0.15) is 5.06 Å². The Kier molecular flexibility index (Phi) is 7.06. The predicted molar refractivity (Wildman–Crippen MR) is 115 cm³/mol. The molecule has 29 heavy (non-hydrogen) atoms. The molecule has 5 unspecified atom stereocenters. The van der Waals surface area contributed by atoms with E-state index in [1.807, 2.05) is 0 Å². The Balaban J connectivity index is 1.81. The van der Waals surface area contributed by atoms with Gasteiger partial charge in [0, 0.05) is 25.0 Å². The summed E-state index contributed by atoms with van der Waals surface area (Å²) in [5, 5.41) is 2.29. The van der Waals surface area contributed by atoms with Gasteiger partial charge in [0.15, 0.2) is 5.79 Å². The minimum absolute atomic E-state index is 0.00443. The molecule has 3 rings (SSSR count). The lowest BCUT2D eigenvalue weighted by Crippen LogP contribution is -2.71. The summed E-state index contributed by atoms with van der Waals surface area (Å²) in [5.41, 5.74) is 0.938. The zero-order valence-corrected chi connectivity index (χ0v) is 19.1. The molecular weight excluding hydrogens is 366 g/mol. The van der Waals surface area contributed by atoms with Crippen LogP contribution in [0.15, 0.2) is 30.3 Å². The fourth-order valence-corrected chi connectivity index (χ4v) is 5.12. The summed E-state index contributed by atoms with van der Waals surface area (Å²) in [6, 6.07) is 10.5. The third kappa shape index (κ3) is 4.26. The molecule has 1 aromatic rings. The lowest BCUT2D eigenvalue weighted by molar-refractivity contribution is -0.368. The molecule has 0 N–H and O–H groups in total. The van der Waals surface area contributed by atoms with Crippen LogP contribution in [0.3, 0.4) is 0 Å². The van der Waals surface area contributed by atoms with Gasteiger partial charge in [0.1, 0.15) is 6.10 Å². The zero-order valence-electron chi connectivity index (χ0n) is 19.1. The van der Waals surface area contributed by atoms with Crippen LogP contribution in [0.1, 0.15) is 59.4 Å². The van der Waals surface area contributed by atoms with E-state index in [0.29, 0.717) is 19.8 Å². The highest BCUT2D eigenvalue weighted by Crippen LogP contribution is 2.54. The Bertz CT molecular complexity index is 656. The molecule has 164 valence electrons. The number of hydrogen-bond acceptors (Lipinski definition) is 5. The van der Waals surface area contributed by atoms with Gasteiger partial charge in [0.05, 0.1) is 25.4 Å². The van der Waals surface area contributed by atoms with Gasteiger partial charge in [0.25, 0.3) is 0 Å². The van der Waals surface area contributed by atoms with Gasteiger partial charge in [-0.05, 0) is 38.7 Å². The van der Waals surface area contributed by atoms with E-state index < -0.39 is 5.79 Å². The van der Waals surface area contributed by atoms with Crippen molar-refractivity contribution < 1.29 is 19.0 Å². The van der Waals surface area contributed by atoms with Crippen LogP contribution in [0.5, 0.6) is 0 Å². The molecule has 2 fully saturated rings. The van der Waals surface area contributed by atoms with Crippen LogP contribution < -0.4 is 0 Å². The maximum atomic E-state index is 6.54. The van der Waals surface area contributed by atoms with Crippen molar-refractivity contribution in [3.8, 4) is 0 Å². The summed E-state index contributed by atoms with van der Waals surface area (Å²) >= 11 is 0. The van der Waals surface area contributed by atoms with Gasteiger partial charge < -0.3 is 14.2 Å². The van der Waals surface area contributed by atoms with Gasteiger partial charge in [-0.15, -0.1) is 0 Å². The average Bonchev–Trinajstić information content (AvgIpc) is 3.13. The van der Waals surface area contributed by atoms with Gasteiger partial charge in [0.2, 0.25) is 0 Å². The van der Waals surface area contributed by atoms with Crippen LogP contribution in [0.25, 0.3) is 0 Å². The maximum absolute atomic E-state index is 6.54. The fourth-order valence-electron chi connectivity index (χ4n) is 5.12. The molecule has 0 amide bonds. The normalized spacial score (nSPS) is 38.0. The average molecular weight is 406 g/mol. The molecule has 0 bridgehead atoms. The van der Waals surface area contributed by atoms with Crippen LogP contribution in [-0.4, -0.2) is 55.0 Å². The Morgan fingerprint density at radius 3 is 2.48 bits per heavy atom. The van der Waals surface area contributed by atoms with Crippen LogP contribution in [0.2, 0.25) is 0 Å². The minimum atomic E-state index is -0.585. The van der Waals surface area contributed by atoms with Crippen LogP contribution in [0, 0.1) is 5.92 Å². The maximum Gasteiger partial charge on any atom is 0.175 e. The molecule has 2 saturated heterocycles. The van der Waals surface area contributed by atoms with Gasteiger partial charge in [-0.1, -0.05) is 51.1 Å². The summed E-state index contributed by atoms with van der Waals surface area (Å²) < 4.78 is 18.2. The van der Waals surface area contributed by atoms with Gasteiger partial charge >= 0.3 is 0 Å². The number of hydrogen-bond donors (Lipinski definition) is 0. The first kappa shape index (κ1) is 22.7. The van der Waals surface area contributed by atoms with E-state index in [2.05, 4.69) is 70.0 Å². The number of benzene rings is 1. The SMILES string of the molecule is CCC1(C)CC2(OCC(COC)O2)C(C)C(C)(CC)N1OCCc1ccccc1. The van der Waals surface area contributed by atoms with Crippen molar-refractivity contribution in [2.75, 3.05) is 26.9 Å². The molecule has 0 aliphatic carbocycles. The number of ether oxygens (including phenoxy) is 3. The van der Waals surface area contributed by atoms with Crippen molar-refractivity contribution in [2.24, 2.45) is 5.92 Å². The van der Waals surface area contributed by atoms with Crippen molar-refractivity contribution in [2.45, 2.75) is 83.3 Å². The van der Waals surface area contributed by atoms with Crippen LogP contribution in [0.4, 0.5) is 0 Å². The highest BCUT2D eigenvalue weighted by Gasteiger charge is 2.63. The number of piperidine rings is 1. The summed E-state index contributed by atoms with van der Waals surface area (Å²) in [6.45, 7) is 13.1. The predicted octanol–water partition coefficient (Wildman–Crippen LogP) is 4.60. The van der Waals surface area contributed by atoms with E-state index in [9.17, 15) is 0 Å². The van der Waals surface area contributed by atoms with E-state index in [1.165, 1.54) is 5.56 Å². The van der Waals surface area contributed by atoms with Crippen molar-refractivity contribution in [1.82, 2.24) is 5.06 Å². The smallest absolute Gasteiger partial charge is 0.175 e. The Morgan fingerprint density at radius 2 is 1.86 bits per heavy atom. The molecule has 5 atom stereocenters. The van der Waals surface area contributed by atoms with Gasteiger partial charge in [-0.3, -0.25) is 4.84 Å². The molecule has 2 heterocycles. The van der Waals surface area contributed by atoms with Crippen molar-refractivity contribution >= 4 is 0 Å². The molecule has 0 aromatic heterocycles. The monoisotopic (exact) mass is 405 g/mol. The quantitative estimate of drug-likeness (QED) is 0.632. The summed E-state index contributed by atoms with van der Waals surface area (Å²) in [5.74, 6) is -0.420. The van der Waals surface area contributed by atoms with E-state index in [4.69, 9.17) is 19.0 Å². The number of methoxy groups -OCH3 is 1. The first-order chi connectivity index (χ1) is 13.8. The molecule has 2 aliphatic heterocycles. The minimum Gasteiger partial charge on any atom is -0.382 e. The topological polar surface area (TPSA) is 40.2 Å². The molecular formula is C24H39NO4. The van der Waals surface area contributed by atoms with E-state index in [1.54, 1.807) is 7.11 Å². The first-order valence-corrected chi connectivity index (χ1v) is 11.1. The summed E-state index contributed by atoms with van der Waals surface area (Å²) in [4.78, 5) is 6.54. The fraction of sp³-hybridized carbons (Fsp3) is 0.750. The molecule has 2 aliphatic rings. The Hall–Kier alpha value is -0.980. The highest BCUT2D eigenvalue weighted by atomic mass is 16.8. The molecule has 5 heteroatoms. The van der Waals surface area contributed by atoms with Crippen molar-refractivity contribution in [3.05, 3.63) is 35.9 Å². The number of rotatable bonds is 8. The Morgan fingerprint density at radius 1 is 1.14 bits per heavy atom. The molecule has 1 spiro atoms. The van der Waals surface area contributed by atoms with E-state index in [-0.39, 0.29) is 23.1 Å². The molecule has 0 radical (unpaired) electrons. The zero-order chi connectivity index (χ0) is 21.1. The van der Waals surface area contributed by atoms with Crippen LogP contribution >= 0.6 is 0 Å². The number of hydroxylamine groups is 2. The first-order valence-electron chi connectivity index (χ1n) is 11.1. The molecule has 5 nitrogen and oxygen atoms in total. The van der Waals surface area contributed by atoms with E-state index >= 15 is 0 Å². The number of nitrogens with zero attached hydrogens (tertiary/aromatic N) is 1. The summed E-state index contributed by atoms with van der Waals surface area (Å²) in [6.07, 6.45) is 3.61. The summed E-state index contributed by atoms with van der Waals surface area (Å²) in [7, 11) is 1.72. The van der Waals surface area contributed by atoms with Crippen LogP contribution in [-0.2, 0) is 25.5 Å². The lowest BCUT2D eigenvalue weighted by Gasteiger charge is -2.61. The highest BCUT2D eigenvalue weighted by molar-refractivity contribution is 5.15. The second-order valence-corrected chi connectivity index (χ2v) is 9.14.